The Morgan fingerprint density at radius 3 is 2.84 bits per heavy atom. The number of benzene rings is 1. The molecular formula is C22H20N6O4. The maximum absolute atomic E-state index is 12.0. The first-order valence-corrected chi connectivity index (χ1v) is 10.1. The average Bonchev–Trinajstić information content (AvgIpc) is 3.17. The molecule has 10 nitrogen and oxygen atoms in total. The molecular weight excluding hydrogens is 412 g/mol. The summed E-state index contributed by atoms with van der Waals surface area (Å²) in [7, 11) is 1.34. The predicted molar refractivity (Wildman–Crippen MR) is 115 cm³/mol. The number of carbonyl (C=O) groups is 1. The number of fused-ring (bicyclic) bond motifs is 1. The van der Waals surface area contributed by atoms with Gasteiger partial charge in [-0.05, 0) is 30.5 Å². The van der Waals surface area contributed by atoms with E-state index in [2.05, 4.69) is 22.0 Å². The molecule has 0 amide bonds. The van der Waals surface area contributed by atoms with Crippen LogP contribution in [0.5, 0.6) is 5.88 Å². The van der Waals surface area contributed by atoms with E-state index in [1.807, 2.05) is 12.1 Å². The molecule has 2 atom stereocenters. The van der Waals surface area contributed by atoms with Crippen LogP contribution in [0.25, 0.3) is 23.0 Å². The van der Waals surface area contributed by atoms with E-state index in [4.69, 9.17) is 14.7 Å². The van der Waals surface area contributed by atoms with E-state index in [9.17, 15) is 14.7 Å². The van der Waals surface area contributed by atoms with Gasteiger partial charge in [0.25, 0.3) is 0 Å². The lowest BCUT2D eigenvalue weighted by Crippen LogP contribution is -2.19. The van der Waals surface area contributed by atoms with Crippen LogP contribution in [0.3, 0.4) is 0 Å². The highest BCUT2D eigenvalue weighted by molar-refractivity contribution is 5.90. The number of aromatic nitrogens is 5. The van der Waals surface area contributed by atoms with Gasteiger partial charge in [0.2, 0.25) is 5.88 Å². The number of esters is 1. The molecule has 1 fully saturated rings. The summed E-state index contributed by atoms with van der Waals surface area (Å²) in [4.78, 5) is 37.8. The first-order valence-electron chi connectivity index (χ1n) is 10.1. The Labute approximate surface area is 180 Å². The SMILES string of the molecule is COC(=O)c1cccc(-c2cc(=NC3C[C@@H]3C)n3ncc(=Cc4[nH]c(=O)[nH]c4O)c3n2)c1. The van der Waals surface area contributed by atoms with Gasteiger partial charge in [-0.3, -0.25) is 9.98 Å². The molecule has 162 valence electrons. The Hall–Kier alpha value is -4.21. The molecule has 0 saturated heterocycles. The van der Waals surface area contributed by atoms with Gasteiger partial charge in [0.05, 0.1) is 30.6 Å². The van der Waals surface area contributed by atoms with E-state index in [-0.39, 0.29) is 17.6 Å². The smallest absolute Gasteiger partial charge is 0.337 e. The highest BCUT2D eigenvalue weighted by atomic mass is 16.5. The van der Waals surface area contributed by atoms with E-state index in [1.165, 1.54) is 7.11 Å². The number of nitrogens with zero attached hydrogens (tertiary/aromatic N) is 4. The van der Waals surface area contributed by atoms with E-state index >= 15 is 0 Å². The number of carbonyl (C=O) groups excluding carboxylic acids is 1. The standard InChI is InChI=1S/C22H20N6O4/c1-11-6-15(11)24-18-9-16(12-4-3-5-13(7-12)21(30)32-2)25-19-14(10-23-28(18)19)8-17-20(29)27-22(31)26-17/h3-5,7-11,15,29H,6H2,1-2H3,(H2,26,27,31)/t11-,15?/m0/s1. The van der Waals surface area contributed by atoms with Gasteiger partial charge in [-0.1, -0.05) is 19.1 Å². The third-order valence-electron chi connectivity index (χ3n) is 5.46. The van der Waals surface area contributed by atoms with Crippen LogP contribution in [0, 0.1) is 5.92 Å². The number of aromatic amines is 2. The summed E-state index contributed by atoms with van der Waals surface area (Å²) in [6.45, 7) is 2.14. The molecule has 3 aromatic heterocycles. The number of hydrogen-bond donors (Lipinski definition) is 3. The van der Waals surface area contributed by atoms with Gasteiger partial charge in [0, 0.05) is 16.8 Å². The molecule has 0 spiro atoms. The molecule has 32 heavy (non-hydrogen) atoms. The maximum atomic E-state index is 12.0. The summed E-state index contributed by atoms with van der Waals surface area (Å²) < 4.78 is 6.46. The first kappa shape index (κ1) is 19.7. The highest BCUT2D eigenvalue weighted by Gasteiger charge is 2.32. The number of aromatic hydroxyl groups is 1. The Balaban J connectivity index is 1.74. The van der Waals surface area contributed by atoms with Crippen molar-refractivity contribution < 1.29 is 14.6 Å². The van der Waals surface area contributed by atoms with Gasteiger partial charge >= 0.3 is 11.7 Å². The van der Waals surface area contributed by atoms with Crippen LogP contribution in [-0.4, -0.2) is 48.8 Å². The van der Waals surface area contributed by atoms with Crippen LogP contribution in [-0.2, 0) is 4.74 Å². The zero-order chi connectivity index (χ0) is 22.4. The van der Waals surface area contributed by atoms with E-state index in [0.717, 1.165) is 12.0 Å². The molecule has 1 aromatic carbocycles. The van der Waals surface area contributed by atoms with Crippen LogP contribution < -0.4 is 16.4 Å². The second-order valence-corrected chi connectivity index (χ2v) is 7.80. The number of imidazole rings is 1. The van der Waals surface area contributed by atoms with Gasteiger partial charge in [-0.15, -0.1) is 0 Å². The lowest BCUT2D eigenvalue weighted by molar-refractivity contribution is 0.0601. The van der Waals surface area contributed by atoms with Crippen LogP contribution in [0.1, 0.15) is 29.4 Å². The fraction of sp³-hybridized carbons (Fsp3) is 0.227. The number of hydrogen-bond acceptors (Lipinski definition) is 7. The minimum atomic E-state index is -0.517. The quantitative estimate of drug-likeness (QED) is 0.407. The van der Waals surface area contributed by atoms with Crippen molar-refractivity contribution in [2.45, 2.75) is 19.4 Å². The van der Waals surface area contributed by atoms with Gasteiger partial charge in [-0.25, -0.2) is 14.6 Å². The Kier molecular flexibility index (Phi) is 4.62. The van der Waals surface area contributed by atoms with Crippen molar-refractivity contribution >= 4 is 17.7 Å². The summed E-state index contributed by atoms with van der Waals surface area (Å²) in [6, 6.07) is 9.05. The number of nitrogens with one attached hydrogen (secondary N) is 2. The lowest BCUT2D eigenvalue weighted by Gasteiger charge is -2.05. The number of methoxy groups -OCH3 is 1. The molecule has 4 aromatic rings. The minimum Gasteiger partial charge on any atom is -0.493 e. The molecule has 1 saturated carbocycles. The maximum Gasteiger partial charge on any atom is 0.337 e. The zero-order valence-electron chi connectivity index (χ0n) is 17.4. The van der Waals surface area contributed by atoms with Crippen LogP contribution >= 0.6 is 0 Å². The highest BCUT2D eigenvalue weighted by Crippen LogP contribution is 2.32. The predicted octanol–water partition coefficient (Wildman–Crippen LogP) is 0.762. The summed E-state index contributed by atoms with van der Waals surface area (Å²) in [5.74, 6) is -0.198. The number of rotatable bonds is 4. The fourth-order valence-electron chi connectivity index (χ4n) is 3.53. The third-order valence-corrected chi connectivity index (χ3v) is 5.46. The Morgan fingerprint density at radius 1 is 1.34 bits per heavy atom. The third kappa shape index (κ3) is 3.55. The molecule has 0 aliphatic heterocycles. The molecule has 0 radical (unpaired) electrons. The molecule has 10 heteroatoms. The van der Waals surface area contributed by atoms with Crippen LogP contribution in [0.15, 0.2) is 46.3 Å². The van der Waals surface area contributed by atoms with Gasteiger partial charge in [0.1, 0.15) is 5.69 Å². The summed E-state index contributed by atoms with van der Waals surface area (Å²) in [5, 5.41) is 14.9. The summed E-state index contributed by atoms with van der Waals surface area (Å²) in [6.07, 6.45) is 4.19. The van der Waals surface area contributed by atoms with Crippen molar-refractivity contribution in [3.05, 3.63) is 69.0 Å². The van der Waals surface area contributed by atoms with E-state index in [0.29, 0.717) is 33.5 Å². The Bertz CT molecular complexity index is 1530. The van der Waals surface area contributed by atoms with Gasteiger partial charge in [-0.2, -0.15) is 9.61 Å². The van der Waals surface area contributed by atoms with Crippen LogP contribution in [0.4, 0.5) is 0 Å². The molecule has 3 heterocycles. The monoisotopic (exact) mass is 432 g/mol. The minimum absolute atomic E-state index is 0.219. The molecule has 1 aliphatic carbocycles. The second-order valence-electron chi connectivity index (χ2n) is 7.80. The van der Waals surface area contributed by atoms with Gasteiger partial charge < -0.3 is 14.8 Å². The van der Waals surface area contributed by atoms with Crippen molar-refractivity contribution in [1.29, 1.82) is 0 Å². The van der Waals surface area contributed by atoms with Crippen molar-refractivity contribution in [3.8, 4) is 17.1 Å². The van der Waals surface area contributed by atoms with Crippen LogP contribution in [0.2, 0.25) is 0 Å². The summed E-state index contributed by atoms with van der Waals surface area (Å²) >= 11 is 0. The lowest BCUT2D eigenvalue weighted by atomic mass is 10.1. The molecule has 3 N–H and O–H groups in total. The second kappa shape index (κ2) is 7.49. The molecule has 0 bridgehead atoms. The summed E-state index contributed by atoms with van der Waals surface area (Å²) in [5.41, 5.74) is 2.58. The number of ether oxygens (including phenoxy) is 1. The average molecular weight is 432 g/mol. The fourth-order valence-corrected chi connectivity index (χ4v) is 3.53. The Morgan fingerprint density at radius 2 is 2.16 bits per heavy atom. The van der Waals surface area contributed by atoms with Crippen molar-refractivity contribution in [2.75, 3.05) is 7.11 Å². The topological polar surface area (TPSA) is 138 Å². The molecule has 1 unspecified atom stereocenters. The normalized spacial score (nSPS) is 18.9. The number of H-pyrrole nitrogens is 2. The first-order chi connectivity index (χ1) is 15.4. The van der Waals surface area contributed by atoms with Crippen molar-refractivity contribution in [3.63, 3.8) is 0 Å². The van der Waals surface area contributed by atoms with Crippen molar-refractivity contribution in [1.82, 2.24) is 24.6 Å². The largest absolute Gasteiger partial charge is 0.493 e. The molecule has 5 rings (SSSR count). The van der Waals surface area contributed by atoms with Gasteiger partial charge in [0.15, 0.2) is 11.1 Å². The van der Waals surface area contributed by atoms with E-state index < -0.39 is 11.7 Å². The van der Waals surface area contributed by atoms with Crippen molar-refractivity contribution in [2.24, 2.45) is 10.9 Å². The van der Waals surface area contributed by atoms with E-state index in [1.54, 1.807) is 35.0 Å². The zero-order valence-corrected chi connectivity index (χ0v) is 17.4. The molecule has 1 aliphatic rings.